The van der Waals surface area contributed by atoms with Gasteiger partial charge in [0.1, 0.15) is 5.75 Å². The smallest absolute Gasteiger partial charge is 0.222 e. The molecule has 0 spiro atoms. The monoisotopic (exact) mass is 362 g/mol. The maximum atomic E-state index is 12.4. The van der Waals surface area contributed by atoms with Crippen LogP contribution in [-0.2, 0) is 14.3 Å². The topological polar surface area (TPSA) is 60.0 Å². The zero-order valence-electron chi connectivity index (χ0n) is 15.6. The minimum atomic E-state index is 0.0602. The molecule has 0 aliphatic carbocycles. The lowest BCUT2D eigenvalue weighted by atomic mass is 10.0. The molecule has 2 aliphatic rings. The highest BCUT2D eigenvalue weighted by atomic mass is 16.5. The third-order valence-electron chi connectivity index (χ3n) is 5.16. The Morgan fingerprint density at radius 2 is 2.08 bits per heavy atom. The fourth-order valence-electron chi connectivity index (χ4n) is 3.72. The van der Waals surface area contributed by atoms with Crippen LogP contribution < -0.4 is 10.1 Å². The van der Waals surface area contributed by atoms with Crippen molar-refractivity contribution in [3.63, 3.8) is 0 Å². The van der Waals surface area contributed by atoms with Gasteiger partial charge < -0.3 is 19.5 Å². The molecule has 6 nitrogen and oxygen atoms in total. The van der Waals surface area contributed by atoms with Crippen molar-refractivity contribution in [3.8, 4) is 5.75 Å². The molecule has 1 N–H and O–H groups in total. The van der Waals surface area contributed by atoms with Crippen LogP contribution in [0.25, 0.3) is 0 Å². The van der Waals surface area contributed by atoms with Crippen LogP contribution in [0.5, 0.6) is 5.75 Å². The maximum absolute atomic E-state index is 12.4. The first kappa shape index (κ1) is 19.1. The predicted octanol–water partition coefficient (Wildman–Crippen LogP) is 2.14. The van der Waals surface area contributed by atoms with Crippen LogP contribution in [0.2, 0.25) is 0 Å². The molecule has 0 bridgehead atoms. The summed E-state index contributed by atoms with van der Waals surface area (Å²) in [5, 5.41) is 3.12. The van der Waals surface area contributed by atoms with Gasteiger partial charge in [-0.3, -0.25) is 9.69 Å². The summed E-state index contributed by atoms with van der Waals surface area (Å²) in [5.41, 5.74) is 1.10. The van der Waals surface area contributed by atoms with E-state index >= 15 is 0 Å². The first-order valence-corrected chi connectivity index (χ1v) is 9.61. The zero-order valence-corrected chi connectivity index (χ0v) is 15.6. The summed E-state index contributed by atoms with van der Waals surface area (Å²) >= 11 is 0. The van der Waals surface area contributed by atoms with E-state index in [1.54, 1.807) is 7.11 Å². The van der Waals surface area contributed by atoms with Gasteiger partial charge in [0.25, 0.3) is 0 Å². The number of amides is 1. The fraction of sp³-hybridized carbons (Fsp3) is 0.650. The van der Waals surface area contributed by atoms with Crippen LogP contribution in [0.4, 0.5) is 0 Å². The molecule has 2 atom stereocenters. The van der Waals surface area contributed by atoms with Gasteiger partial charge in [0.15, 0.2) is 0 Å². The highest BCUT2D eigenvalue weighted by Crippen LogP contribution is 2.29. The zero-order chi connectivity index (χ0) is 18.2. The first-order valence-electron chi connectivity index (χ1n) is 9.61. The van der Waals surface area contributed by atoms with E-state index in [4.69, 9.17) is 14.2 Å². The number of carbonyl (C=O) groups excluding carboxylic acids is 1. The molecule has 144 valence electrons. The van der Waals surface area contributed by atoms with E-state index in [1.165, 1.54) is 0 Å². The molecular weight excluding hydrogens is 332 g/mol. The standard InChI is InChI=1S/C20H30N2O4/c1-24-19-8-3-2-7-17(19)18(22-9-12-25-13-10-22)15-21-20(23)14-16-6-4-5-11-26-16/h2-3,7-8,16,18H,4-6,9-15H2,1H3,(H,21,23). The van der Waals surface area contributed by atoms with Crippen LogP contribution in [0.1, 0.15) is 37.3 Å². The van der Waals surface area contributed by atoms with Crippen LogP contribution in [0.15, 0.2) is 24.3 Å². The van der Waals surface area contributed by atoms with Gasteiger partial charge in [-0.15, -0.1) is 0 Å². The Labute approximate surface area is 155 Å². The Morgan fingerprint density at radius 1 is 1.27 bits per heavy atom. The number of benzene rings is 1. The van der Waals surface area contributed by atoms with Crippen molar-refractivity contribution >= 4 is 5.91 Å². The maximum Gasteiger partial charge on any atom is 0.222 e. The second kappa shape index (κ2) is 9.90. The summed E-state index contributed by atoms with van der Waals surface area (Å²) in [6.45, 7) is 4.47. The molecular formula is C20H30N2O4. The third-order valence-corrected chi connectivity index (χ3v) is 5.16. The number of ether oxygens (including phenoxy) is 3. The Bertz CT molecular complexity index is 569. The molecule has 2 unspecified atom stereocenters. The van der Waals surface area contributed by atoms with Crippen molar-refractivity contribution in [3.05, 3.63) is 29.8 Å². The van der Waals surface area contributed by atoms with Gasteiger partial charge in [0.05, 0.1) is 38.9 Å². The molecule has 3 rings (SSSR count). The molecule has 2 saturated heterocycles. The van der Waals surface area contributed by atoms with Crippen LogP contribution in [0.3, 0.4) is 0 Å². The first-order chi connectivity index (χ1) is 12.8. The minimum Gasteiger partial charge on any atom is -0.496 e. The number of carbonyl (C=O) groups is 1. The largest absolute Gasteiger partial charge is 0.496 e. The second-order valence-corrected chi connectivity index (χ2v) is 6.90. The van der Waals surface area contributed by atoms with Gasteiger partial charge in [-0.05, 0) is 25.3 Å². The van der Waals surface area contributed by atoms with Crippen molar-refractivity contribution in [1.29, 1.82) is 0 Å². The van der Waals surface area contributed by atoms with Crippen molar-refractivity contribution < 1.29 is 19.0 Å². The number of nitrogens with zero attached hydrogens (tertiary/aromatic N) is 1. The van der Waals surface area contributed by atoms with E-state index < -0.39 is 0 Å². The summed E-state index contributed by atoms with van der Waals surface area (Å²) in [4.78, 5) is 14.8. The average molecular weight is 362 g/mol. The summed E-state index contributed by atoms with van der Waals surface area (Å²) in [7, 11) is 1.69. The molecule has 2 fully saturated rings. The van der Waals surface area contributed by atoms with Gasteiger partial charge in [-0.25, -0.2) is 0 Å². The van der Waals surface area contributed by atoms with E-state index in [1.807, 2.05) is 18.2 Å². The second-order valence-electron chi connectivity index (χ2n) is 6.90. The molecule has 2 aliphatic heterocycles. The minimum absolute atomic E-state index is 0.0602. The van der Waals surface area contributed by atoms with Gasteiger partial charge in [-0.2, -0.15) is 0 Å². The predicted molar refractivity (Wildman–Crippen MR) is 99.3 cm³/mol. The van der Waals surface area contributed by atoms with Crippen molar-refractivity contribution in [2.45, 2.75) is 37.8 Å². The van der Waals surface area contributed by atoms with E-state index in [0.29, 0.717) is 13.0 Å². The average Bonchev–Trinajstić information content (AvgIpc) is 2.70. The molecule has 6 heteroatoms. The highest BCUT2D eigenvalue weighted by Gasteiger charge is 2.26. The van der Waals surface area contributed by atoms with Gasteiger partial charge in [0, 0.05) is 31.8 Å². The molecule has 2 heterocycles. The van der Waals surface area contributed by atoms with E-state index in [9.17, 15) is 4.79 Å². The SMILES string of the molecule is COc1ccccc1C(CNC(=O)CC1CCCCO1)N1CCOCC1. The van der Waals surface area contributed by atoms with Gasteiger partial charge in [0.2, 0.25) is 5.91 Å². The molecule has 1 aromatic rings. The van der Waals surface area contributed by atoms with Gasteiger partial charge >= 0.3 is 0 Å². The third kappa shape index (κ3) is 5.19. The lowest BCUT2D eigenvalue weighted by Gasteiger charge is -2.35. The number of hydrogen-bond acceptors (Lipinski definition) is 5. The summed E-state index contributed by atoms with van der Waals surface area (Å²) in [5.74, 6) is 0.916. The molecule has 1 amide bonds. The number of nitrogens with one attached hydrogen (secondary N) is 1. The van der Waals surface area contributed by atoms with E-state index in [0.717, 1.165) is 63.5 Å². The van der Waals surface area contributed by atoms with Crippen LogP contribution in [0, 0.1) is 0 Å². The normalized spacial score (nSPS) is 22.6. The Hall–Kier alpha value is -1.63. The Morgan fingerprint density at radius 3 is 2.81 bits per heavy atom. The van der Waals surface area contributed by atoms with E-state index in [-0.39, 0.29) is 18.1 Å². The van der Waals surface area contributed by atoms with Crippen molar-refractivity contribution in [1.82, 2.24) is 10.2 Å². The Balaban J connectivity index is 1.64. The van der Waals surface area contributed by atoms with E-state index in [2.05, 4.69) is 16.3 Å². The van der Waals surface area contributed by atoms with Crippen LogP contribution >= 0.6 is 0 Å². The molecule has 1 aromatic carbocycles. The quantitative estimate of drug-likeness (QED) is 0.805. The molecule has 0 radical (unpaired) electrons. The number of para-hydroxylation sites is 1. The van der Waals surface area contributed by atoms with Crippen molar-refractivity contribution in [2.75, 3.05) is 46.6 Å². The Kier molecular flexibility index (Phi) is 7.29. The molecule has 0 saturated carbocycles. The number of hydrogen-bond donors (Lipinski definition) is 1. The van der Waals surface area contributed by atoms with Gasteiger partial charge in [-0.1, -0.05) is 18.2 Å². The lowest BCUT2D eigenvalue weighted by Crippen LogP contribution is -2.44. The highest BCUT2D eigenvalue weighted by molar-refractivity contribution is 5.76. The van der Waals surface area contributed by atoms with Crippen molar-refractivity contribution in [2.24, 2.45) is 0 Å². The summed E-state index contributed by atoms with van der Waals surface area (Å²) in [6.07, 6.45) is 3.74. The fourth-order valence-corrected chi connectivity index (χ4v) is 3.72. The summed E-state index contributed by atoms with van der Waals surface area (Å²) < 4.78 is 16.7. The number of rotatable bonds is 7. The summed E-state index contributed by atoms with van der Waals surface area (Å²) in [6, 6.07) is 8.11. The molecule has 26 heavy (non-hydrogen) atoms. The lowest BCUT2D eigenvalue weighted by molar-refractivity contribution is -0.125. The molecule has 0 aromatic heterocycles. The number of methoxy groups -OCH3 is 1. The van der Waals surface area contributed by atoms with Crippen LogP contribution in [-0.4, -0.2) is 63.5 Å². The number of morpholine rings is 1.